The van der Waals surface area contributed by atoms with Gasteiger partial charge in [0, 0.05) is 23.8 Å². The lowest BCUT2D eigenvalue weighted by Crippen LogP contribution is -2.54. The SMILES string of the molecule is CCCNC(=O)C1COCCN1c1ccc(CO)c(Cl)c1. The van der Waals surface area contributed by atoms with E-state index in [4.69, 9.17) is 16.3 Å². The van der Waals surface area contributed by atoms with Gasteiger partial charge in [-0.15, -0.1) is 0 Å². The molecule has 1 aromatic rings. The Bertz CT molecular complexity index is 496. The van der Waals surface area contributed by atoms with Gasteiger partial charge in [0.25, 0.3) is 0 Å². The zero-order valence-corrected chi connectivity index (χ0v) is 12.9. The molecule has 5 nitrogen and oxygen atoms in total. The number of aliphatic hydroxyl groups excluding tert-OH is 1. The average Bonchev–Trinajstić information content (AvgIpc) is 2.52. The van der Waals surface area contributed by atoms with Crippen LogP contribution in [0.3, 0.4) is 0 Å². The third kappa shape index (κ3) is 3.87. The molecular formula is C15H21ClN2O3. The summed E-state index contributed by atoms with van der Waals surface area (Å²) in [6, 6.07) is 5.11. The van der Waals surface area contributed by atoms with Gasteiger partial charge in [-0.05, 0) is 24.1 Å². The lowest BCUT2D eigenvalue weighted by Gasteiger charge is -2.36. The van der Waals surface area contributed by atoms with Crippen molar-refractivity contribution in [3.8, 4) is 0 Å². The molecule has 0 radical (unpaired) electrons. The number of carbonyl (C=O) groups is 1. The topological polar surface area (TPSA) is 61.8 Å². The van der Waals surface area contributed by atoms with E-state index in [1.165, 1.54) is 0 Å². The summed E-state index contributed by atoms with van der Waals surface area (Å²) in [6.07, 6.45) is 0.899. The summed E-state index contributed by atoms with van der Waals surface area (Å²) in [4.78, 5) is 14.2. The van der Waals surface area contributed by atoms with Crippen molar-refractivity contribution in [1.29, 1.82) is 0 Å². The smallest absolute Gasteiger partial charge is 0.245 e. The third-order valence-electron chi connectivity index (χ3n) is 3.52. The molecule has 1 fully saturated rings. The van der Waals surface area contributed by atoms with Gasteiger partial charge in [-0.1, -0.05) is 24.6 Å². The van der Waals surface area contributed by atoms with E-state index in [0.29, 0.717) is 36.9 Å². The lowest BCUT2D eigenvalue weighted by atomic mass is 10.1. The maximum atomic E-state index is 12.2. The summed E-state index contributed by atoms with van der Waals surface area (Å²) in [7, 11) is 0. The molecule has 1 saturated heterocycles. The van der Waals surface area contributed by atoms with E-state index in [1.54, 1.807) is 12.1 Å². The summed E-state index contributed by atoms with van der Waals surface area (Å²) in [5, 5.41) is 12.6. The van der Waals surface area contributed by atoms with Gasteiger partial charge in [-0.25, -0.2) is 0 Å². The number of hydrogen-bond acceptors (Lipinski definition) is 4. The molecule has 1 aliphatic heterocycles. The van der Waals surface area contributed by atoms with Crippen LogP contribution in [0.2, 0.25) is 5.02 Å². The van der Waals surface area contributed by atoms with Crippen molar-refractivity contribution in [3.05, 3.63) is 28.8 Å². The van der Waals surface area contributed by atoms with Crippen molar-refractivity contribution in [2.45, 2.75) is 26.0 Å². The molecule has 1 atom stereocenters. The first-order valence-corrected chi connectivity index (χ1v) is 7.56. The first-order chi connectivity index (χ1) is 10.2. The van der Waals surface area contributed by atoms with Crippen LogP contribution in [0.25, 0.3) is 0 Å². The molecule has 2 N–H and O–H groups in total. The van der Waals surface area contributed by atoms with Crippen LogP contribution in [-0.4, -0.2) is 43.4 Å². The largest absolute Gasteiger partial charge is 0.392 e. The number of nitrogens with zero attached hydrogens (tertiary/aromatic N) is 1. The van der Waals surface area contributed by atoms with Crippen LogP contribution < -0.4 is 10.2 Å². The average molecular weight is 313 g/mol. The number of amides is 1. The molecule has 0 aromatic heterocycles. The molecular weight excluding hydrogens is 292 g/mol. The van der Waals surface area contributed by atoms with E-state index in [1.807, 2.05) is 17.9 Å². The normalized spacial score (nSPS) is 18.6. The monoisotopic (exact) mass is 312 g/mol. The molecule has 6 heteroatoms. The number of aliphatic hydroxyl groups is 1. The number of morpholine rings is 1. The van der Waals surface area contributed by atoms with Gasteiger partial charge >= 0.3 is 0 Å². The van der Waals surface area contributed by atoms with Crippen molar-refractivity contribution in [1.82, 2.24) is 5.32 Å². The van der Waals surface area contributed by atoms with Crippen LogP contribution in [-0.2, 0) is 16.1 Å². The second-order valence-corrected chi connectivity index (χ2v) is 5.42. The van der Waals surface area contributed by atoms with Crippen LogP contribution in [0.15, 0.2) is 18.2 Å². The van der Waals surface area contributed by atoms with E-state index in [9.17, 15) is 9.90 Å². The lowest BCUT2D eigenvalue weighted by molar-refractivity contribution is -0.124. The molecule has 0 bridgehead atoms. The van der Waals surface area contributed by atoms with Crippen LogP contribution in [0.5, 0.6) is 0 Å². The Morgan fingerprint density at radius 2 is 2.38 bits per heavy atom. The molecule has 1 heterocycles. The number of hydrogen-bond donors (Lipinski definition) is 2. The fourth-order valence-electron chi connectivity index (χ4n) is 2.34. The van der Waals surface area contributed by atoms with Crippen LogP contribution in [0, 0.1) is 0 Å². The highest BCUT2D eigenvalue weighted by Gasteiger charge is 2.29. The summed E-state index contributed by atoms with van der Waals surface area (Å²) in [5.41, 5.74) is 1.55. The number of carbonyl (C=O) groups excluding carboxylic acids is 1. The molecule has 1 aromatic carbocycles. The van der Waals surface area contributed by atoms with Gasteiger partial charge in [0.05, 0.1) is 19.8 Å². The van der Waals surface area contributed by atoms with Crippen LogP contribution in [0.1, 0.15) is 18.9 Å². The van der Waals surface area contributed by atoms with Crippen molar-refractivity contribution in [3.63, 3.8) is 0 Å². The second-order valence-electron chi connectivity index (χ2n) is 5.01. The zero-order chi connectivity index (χ0) is 15.2. The molecule has 1 aliphatic rings. The highest BCUT2D eigenvalue weighted by atomic mass is 35.5. The Kier molecular flexibility index (Phi) is 5.85. The molecule has 0 saturated carbocycles. The Labute approximate surface area is 129 Å². The molecule has 1 unspecified atom stereocenters. The molecule has 2 rings (SSSR count). The van der Waals surface area contributed by atoms with Crippen molar-refractivity contribution < 1.29 is 14.6 Å². The summed E-state index contributed by atoms with van der Waals surface area (Å²) < 4.78 is 5.43. The predicted octanol–water partition coefficient (Wildman–Crippen LogP) is 1.56. The molecule has 116 valence electrons. The van der Waals surface area contributed by atoms with Crippen LogP contribution >= 0.6 is 11.6 Å². The van der Waals surface area contributed by atoms with Gasteiger partial charge in [0.2, 0.25) is 5.91 Å². The minimum Gasteiger partial charge on any atom is -0.392 e. The van der Waals surface area contributed by atoms with E-state index in [-0.39, 0.29) is 18.6 Å². The highest BCUT2D eigenvalue weighted by molar-refractivity contribution is 6.31. The van der Waals surface area contributed by atoms with Gasteiger partial charge in [0.15, 0.2) is 0 Å². The Hall–Kier alpha value is -1.30. The maximum Gasteiger partial charge on any atom is 0.245 e. The van der Waals surface area contributed by atoms with Crippen molar-refractivity contribution >= 4 is 23.2 Å². The summed E-state index contributed by atoms with van der Waals surface area (Å²) >= 11 is 6.14. The van der Waals surface area contributed by atoms with Crippen LogP contribution in [0.4, 0.5) is 5.69 Å². The number of ether oxygens (including phenoxy) is 1. The van der Waals surface area contributed by atoms with Gasteiger partial charge in [-0.2, -0.15) is 0 Å². The predicted molar refractivity (Wildman–Crippen MR) is 82.6 cm³/mol. The molecule has 1 amide bonds. The van der Waals surface area contributed by atoms with E-state index in [0.717, 1.165) is 12.1 Å². The highest BCUT2D eigenvalue weighted by Crippen LogP contribution is 2.26. The number of benzene rings is 1. The van der Waals surface area contributed by atoms with Gasteiger partial charge in [0.1, 0.15) is 6.04 Å². The minimum absolute atomic E-state index is 0.0288. The third-order valence-corrected chi connectivity index (χ3v) is 3.87. The maximum absolute atomic E-state index is 12.2. The quantitative estimate of drug-likeness (QED) is 0.866. The summed E-state index contributed by atoms with van der Waals surface area (Å²) in [5.74, 6) is -0.0288. The minimum atomic E-state index is -0.346. The molecule has 0 aliphatic carbocycles. The number of rotatable bonds is 5. The number of anilines is 1. The fraction of sp³-hybridized carbons (Fsp3) is 0.533. The van der Waals surface area contributed by atoms with Gasteiger partial charge < -0.3 is 20.1 Å². The first-order valence-electron chi connectivity index (χ1n) is 7.18. The molecule has 21 heavy (non-hydrogen) atoms. The van der Waals surface area contributed by atoms with E-state index >= 15 is 0 Å². The number of nitrogens with one attached hydrogen (secondary N) is 1. The van der Waals surface area contributed by atoms with Crippen molar-refractivity contribution in [2.24, 2.45) is 0 Å². The van der Waals surface area contributed by atoms with E-state index in [2.05, 4.69) is 5.32 Å². The summed E-state index contributed by atoms with van der Waals surface area (Å²) in [6.45, 7) is 4.17. The Balaban J connectivity index is 2.18. The van der Waals surface area contributed by atoms with Gasteiger partial charge in [-0.3, -0.25) is 4.79 Å². The Morgan fingerprint density at radius 1 is 1.57 bits per heavy atom. The second kappa shape index (κ2) is 7.64. The van der Waals surface area contributed by atoms with Crippen molar-refractivity contribution in [2.75, 3.05) is 31.2 Å². The zero-order valence-electron chi connectivity index (χ0n) is 12.1. The number of halogens is 1. The molecule has 0 spiro atoms. The first kappa shape index (κ1) is 16.1. The fourth-order valence-corrected chi connectivity index (χ4v) is 2.57. The van der Waals surface area contributed by atoms with E-state index < -0.39 is 0 Å². The standard InChI is InChI=1S/C15H21ClN2O3/c1-2-5-17-15(20)14-10-21-7-6-18(14)12-4-3-11(9-19)13(16)8-12/h3-4,8,14,19H,2,5-7,9-10H2,1H3,(H,17,20). The Morgan fingerprint density at radius 3 is 3.05 bits per heavy atom.